The Balaban J connectivity index is 1.36. The Labute approximate surface area is 162 Å². The maximum absolute atomic E-state index is 13.2. The van der Waals surface area contributed by atoms with Crippen molar-refractivity contribution in [1.82, 2.24) is 15.1 Å². The molecule has 0 unspecified atom stereocenters. The summed E-state index contributed by atoms with van der Waals surface area (Å²) < 4.78 is 10.8. The quantitative estimate of drug-likeness (QED) is 0.828. The van der Waals surface area contributed by atoms with Crippen LogP contribution in [0.2, 0.25) is 0 Å². The molecule has 2 aromatic carbocycles. The van der Waals surface area contributed by atoms with Gasteiger partial charge >= 0.3 is 6.03 Å². The molecule has 0 spiro atoms. The molecule has 0 aromatic heterocycles. The van der Waals surface area contributed by atoms with Crippen molar-refractivity contribution in [1.29, 1.82) is 0 Å². The summed E-state index contributed by atoms with van der Waals surface area (Å²) >= 11 is 0. The lowest BCUT2D eigenvalue weighted by Crippen LogP contribution is -2.45. The van der Waals surface area contributed by atoms with Crippen LogP contribution in [0.1, 0.15) is 23.6 Å². The van der Waals surface area contributed by atoms with Crippen LogP contribution in [0.4, 0.5) is 4.79 Å². The number of carbonyl (C=O) groups is 2. The second-order valence-corrected chi connectivity index (χ2v) is 7.57. The maximum Gasteiger partial charge on any atom is 0.326 e. The standard InChI is InChI=1S/C21H21N3O4/c1-21(16-6-7-17-18(10-16)28-13-27-17)19(25)24(20(26)22-21)12-23-9-8-14-4-2-3-5-15(14)11-23/h2-7,10H,8-9,11-13H2,1H3,(H,22,26)/t21-/m0/s1. The molecular weight excluding hydrogens is 358 g/mol. The first-order valence-corrected chi connectivity index (χ1v) is 9.38. The van der Waals surface area contributed by atoms with Crippen molar-refractivity contribution in [3.63, 3.8) is 0 Å². The van der Waals surface area contributed by atoms with Gasteiger partial charge in [-0.05, 0) is 42.2 Å². The van der Waals surface area contributed by atoms with E-state index < -0.39 is 5.54 Å². The first-order chi connectivity index (χ1) is 13.5. The van der Waals surface area contributed by atoms with Crippen LogP contribution >= 0.6 is 0 Å². The Morgan fingerprint density at radius 1 is 1.07 bits per heavy atom. The minimum atomic E-state index is -1.12. The van der Waals surface area contributed by atoms with Crippen molar-refractivity contribution >= 4 is 11.9 Å². The Bertz CT molecular complexity index is 976. The fraction of sp³-hybridized carbons (Fsp3) is 0.333. The second kappa shape index (κ2) is 6.24. The summed E-state index contributed by atoms with van der Waals surface area (Å²) in [7, 11) is 0. The van der Waals surface area contributed by atoms with Gasteiger partial charge in [-0.2, -0.15) is 0 Å². The zero-order chi connectivity index (χ0) is 19.3. The molecule has 3 aliphatic rings. The third kappa shape index (κ3) is 2.62. The molecule has 1 fully saturated rings. The number of imide groups is 1. The minimum absolute atomic E-state index is 0.165. The molecule has 0 saturated carbocycles. The van der Waals surface area contributed by atoms with E-state index in [9.17, 15) is 9.59 Å². The van der Waals surface area contributed by atoms with Gasteiger partial charge in [0, 0.05) is 13.1 Å². The largest absolute Gasteiger partial charge is 0.454 e. The molecule has 3 aliphatic heterocycles. The Hall–Kier alpha value is -3.06. The van der Waals surface area contributed by atoms with Gasteiger partial charge < -0.3 is 14.8 Å². The van der Waals surface area contributed by atoms with Crippen molar-refractivity contribution < 1.29 is 19.1 Å². The summed E-state index contributed by atoms with van der Waals surface area (Å²) in [5.74, 6) is 0.982. The molecule has 7 heteroatoms. The highest BCUT2D eigenvalue weighted by atomic mass is 16.7. The van der Waals surface area contributed by atoms with Crippen LogP contribution in [0.25, 0.3) is 0 Å². The molecule has 1 saturated heterocycles. The SMILES string of the molecule is C[C@@]1(c2ccc3c(c2)OCO3)NC(=O)N(CN2CCc3ccccc3C2)C1=O. The summed E-state index contributed by atoms with van der Waals surface area (Å²) in [5.41, 5.74) is 2.15. The second-order valence-electron chi connectivity index (χ2n) is 7.57. The predicted molar refractivity (Wildman–Crippen MR) is 101 cm³/mol. The van der Waals surface area contributed by atoms with Crippen molar-refractivity contribution in [2.75, 3.05) is 20.0 Å². The first-order valence-electron chi connectivity index (χ1n) is 9.38. The van der Waals surface area contributed by atoms with Crippen LogP contribution in [-0.2, 0) is 23.3 Å². The Kier molecular flexibility index (Phi) is 3.80. The van der Waals surface area contributed by atoms with Gasteiger partial charge in [0.1, 0.15) is 5.54 Å². The van der Waals surface area contributed by atoms with Gasteiger partial charge in [-0.1, -0.05) is 30.3 Å². The number of amides is 3. The van der Waals surface area contributed by atoms with Crippen LogP contribution in [-0.4, -0.2) is 41.7 Å². The fourth-order valence-corrected chi connectivity index (χ4v) is 4.10. The summed E-state index contributed by atoms with van der Waals surface area (Å²) in [6.45, 7) is 3.72. The molecule has 0 bridgehead atoms. The zero-order valence-electron chi connectivity index (χ0n) is 15.6. The monoisotopic (exact) mass is 379 g/mol. The van der Waals surface area contributed by atoms with E-state index in [1.165, 1.54) is 16.0 Å². The average molecular weight is 379 g/mol. The van der Waals surface area contributed by atoms with Gasteiger partial charge in [0.15, 0.2) is 11.5 Å². The van der Waals surface area contributed by atoms with Crippen molar-refractivity contribution in [2.24, 2.45) is 0 Å². The number of carbonyl (C=O) groups excluding carboxylic acids is 2. The Morgan fingerprint density at radius 2 is 1.86 bits per heavy atom. The van der Waals surface area contributed by atoms with Crippen LogP contribution in [0.3, 0.4) is 0 Å². The van der Waals surface area contributed by atoms with Crippen molar-refractivity contribution in [3.8, 4) is 11.5 Å². The number of ether oxygens (including phenoxy) is 2. The molecule has 144 valence electrons. The summed E-state index contributed by atoms with van der Waals surface area (Å²) in [4.78, 5) is 29.3. The van der Waals surface area contributed by atoms with Crippen LogP contribution in [0.5, 0.6) is 11.5 Å². The highest BCUT2D eigenvalue weighted by Gasteiger charge is 2.49. The fourth-order valence-electron chi connectivity index (χ4n) is 4.10. The third-order valence-electron chi connectivity index (χ3n) is 5.78. The minimum Gasteiger partial charge on any atom is -0.454 e. The van der Waals surface area contributed by atoms with E-state index in [2.05, 4.69) is 22.3 Å². The Morgan fingerprint density at radius 3 is 2.71 bits per heavy atom. The zero-order valence-corrected chi connectivity index (χ0v) is 15.6. The van der Waals surface area contributed by atoms with E-state index >= 15 is 0 Å². The number of hydrogen-bond acceptors (Lipinski definition) is 5. The lowest BCUT2D eigenvalue weighted by Gasteiger charge is -2.31. The van der Waals surface area contributed by atoms with Crippen LogP contribution < -0.4 is 14.8 Å². The number of fused-ring (bicyclic) bond motifs is 2. The number of hydrogen-bond donors (Lipinski definition) is 1. The summed E-state index contributed by atoms with van der Waals surface area (Å²) in [6.07, 6.45) is 0.916. The lowest BCUT2D eigenvalue weighted by molar-refractivity contribution is -0.132. The summed E-state index contributed by atoms with van der Waals surface area (Å²) in [6, 6.07) is 13.3. The molecule has 0 aliphatic carbocycles. The van der Waals surface area contributed by atoms with Gasteiger partial charge in [-0.25, -0.2) is 9.69 Å². The van der Waals surface area contributed by atoms with E-state index in [-0.39, 0.29) is 25.4 Å². The highest BCUT2D eigenvalue weighted by Crippen LogP contribution is 2.38. The number of nitrogens with zero attached hydrogens (tertiary/aromatic N) is 2. The van der Waals surface area contributed by atoms with Crippen molar-refractivity contribution in [3.05, 3.63) is 59.2 Å². The van der Waals surface area contributed by atoms with Gasteiger partial charge in [0.2, 0.25) is 6.79 Å². The van der Waals surface area contributed by atoms with Gasteiger partial charge in [0.05, 0.1) is 6.67 Å². The van der Waals surface area contributed by atoms with Crippen molar-refractivity contribution in [2.45, 2.75) is 25.4 Å². The smallest absolute Gasteiger partial charge is 0.326 e. The topological polar surface area (TPSA) is 71.1 Å². The maximum atomic E-state index is 13.2. The summed E-state index contributed by atoms with van der Waals surface area (Å²) in [5, 5.41) is 2.86. The van der Waals surface area contributed by atoms with E-state index in [1.54, 1.807) is 25.1 Å². The number of benzene rings is 2. The van der Waals surface area contributed by atoms with Gasteiger partial charge in [-0.3, -0.25) is 9.69 Å². The van der Waals surface area contributed by atoms with Gasteiger partial charge in [-0.15, -0.1) is 0 Å². The molecule has 7 nitrogen and oxygen atoms in total. The normalized spacial score (nSPS) is 23.7. The number of nitrogens with one attached hydrogen (secondary N) is 1. The highest BCUT2D eigenvalue weighted by molar-refractivity contribution is 6.07. The van der Waals surface area contributed by atoms with E-state index in [0.29, 0.717) is 17.1 Å². The molecular formula is C21H21N3O4. The molecule has 2 aromatic rings. The van der Waals surface area contributed by atoms with E-state index in [4.69, 9.17) is 9.47 Å². The van der Waals surface area contributed by atoms with E-state index in [1.807, 2.05) is 12.1 Å². The number of rotatable bonds is 3. The molecule has 1 atom stereocenters. The predicted octanol–water partition coefficient (Wildman–Crippen LogP) is 2.20. The molecule has 3 heterocycles. The lowest BCUT2D eigenvalue weighted by atomic mass is 9.91. The molecule has 28 heavy (non-hydrogen) atoms. The first kappa shape index (κ1) is 17.1. The van der Waals surface area contributed by atoms with E-state index in [0.717, 1.165) is 19.5 Å². The molecule has 1 N–H and O–H groups in total. The van der Waals surface area contributed by atoms with Crippen LogP contribution in [0, 0.1) is 0 Å². The number of urea groups is 1. The van der Waals surface area contributed by atoms with Crippen LogP contribution in [0.15, 0.2) is 42.5 Å². The molecule has 0 radical (unpaired) electrons. The third-order valence-corrected chi connectivity index (χ3v) is 5.78. The average Bonchev–Trinajstić information content (AvgIpc) is 3.26. The molecule has 5 rings (SSSR count). The molecule has 3 amide bonds. The van der Waals surface area contributed by atoms with Gasteiger partial charge in [0.25, 0.3) is 5.91 Å².